The van der Waals surface area contributed by atoms with Crippen molar-refractivity contribution in [1.29, 1.82) is 0 Å². The van der Waals surface area contributed by atoms with Crippen molar-refractivity contribution in [1.82, 2.24) is 5.32 Å². The zero-order valence-electron chi connectivity index (χ0n) is 15.9. The normalized spacial score (nSPS) is 18.5. The summed E-state index contributed by atoms with van der Waals surface area (Å²) < 4.78 is 11.5. The highest BCUT2D eigenvalue weighted by molar-refractivity contribution is 6.07. The molecule has 5 nitrogen and oxygen atoms in total. The van der Waals surface area contributed by atoms with Gasteiger partial charge >= 0.3 is 0 Å². The number of ether oxygens (including phenoxy) is 1. The molecule has 27 heavy (non-hydrogen) atoms. The second-order valence-electron chi connectivity index (χ2n) is 7.48. The van der Waals surface area contributed by atoms with Crippen LogP contribution in [-0.2, 0) is 4.79 Å². The predicted octanol–water partition coefficient (Wildman–Crippen LogP) is 4.56. The third-order valence-corrected chi connectivity index (χ3v) is 5.62. The lowest BCUT2D eigenvalue weighted by Crippen LogP contribution is -2.34. The van der Waals surface area contributed by atoms with Crippen LogP contribution in [0.3, 0.4) is 0 Å². The number of nitrogens with one attached hydrogen (secondary N) is 2. The molecule has 2 aromatic carbocycles. The van der Waals surface area contributed by atoms with Crippen LogP contribution >= 0.6 is 0 Å². The Labute approximate surface area is 159 Å². The van der Waals surface area contributed by atoms with E-state index in [-0.39, 0.29) is 5.91 Å². The lowest BCUT2D eigenvalue weighted by Gasteiger charge is -2.28. The average Bonchev–Trinajstić information content (AvgIpc) is 3.05. The Morgan fingerprint density at radius 3 is 2.93 bits per heavy atom. The van der Waals surface area contributed by atoms with Crippen LogP contribution in [0.1, 0.15) is 26.2 Å². The minimum Gasteiger partial charge on any atom is -0.495 e. The van der Waals surface area contributed by atoms with E-state index in [0.717, 1.165) is 35.0 Å². The number of carbonyl (C=O) groups is 1. The minimum atomic E-state index is 0.0156. The first kappa shape index (κ1) is 17.9. The van der Waals surface area contributed by atoms with Gasteiger partial charge in [0, 0.05) is 23.3 Å². The van der Waals surface area contributed by atoms with Crippen LogP contribution in [0.25, 0.3) is 21.9 Å². The summed E-state index contributed by atoms with van der Waals surface area (Å²) in [6, 6.07) is 11.7. The van der Waals surface area contributed by atoms with Gasteiger partial charge in [-0.15, -0.1) is 0 Å². The van der Waals surface area contributed by atoms with Gasteiger partial charge in [0.2, 0.25) is 5.91 Å². The molecule has 2 N–H and O–H groups in total. The molecule has 0 aliphatic carbocycles. The molecule has 5 heteroatoms. The zero-order chi connectivity index (χ0) is 18.8. The van der Waals surface area contributed by atoms with Gasteiger partial charge in [-0.05, 0) is 49.9 Å². The molecule has 1 fully saturated rings. The van der Waals surface area contributed by atoms with E-state index in [1.807, 2.05) is 36.4 Å². The largest absolute Gasteiger partial charge is 0.495 e. The highest BCUT2D eigenvalue weighted by Gasteiger charge is 2.23. The van der Waals surface area contributed by atoms with Gasteiger partial charge in [-0.2, -0.15) is 0 Å². The molecule has 1 aromatic heterocycles. The van der Waals surface area contributed by atoms with Gasteiger partial charge in [-0.1, -0.05) is 25.1 Å². The van der Waals surface area contributed by atoms with Crippen molar-refractivity contribution in [2.75, 3.05) is 25.5 Å². The van der Waals surface area contributed by atoms with E-state index in [1.54, 1.807) is 7.11 Å². The number of rotatable bonds is 5. The van der Waals surface area contributed by atoms with Crippen molar-refractivity contribution in [3.63, 3.8) is 0 Å². The van der Waals surface area contributed by atoms with Crippen molar-refractivity contribution in [3.05, 3.63) is 36.4 Å². The maximum absolute atomic E-state index is 12.6. The number of para-hydroxylation sites is 1. The van der Waals surface area contributed by atoms with Crippen molar-refractivity contribution >= 4 is 33.5 Å². The van der Waals surface area contributed by atoms with E-state index < -0.39 is 0 Å². The predicted molar refractivity (Wildman–Crippen MR) is 108 cm³/mol. The summed E-state index contributed by atoms with van der Waals surface area (Å²) in [5, 5.41) is 8.48. The number of benzene rings is 2. The Morgan fingerprint density at radius 2 is 2.15 bits per heavy atom. The number of methoxy groups -OCH3 is 1. The SMILES string of the molecule is COc1cc2c(cc1NC(=O)CC(C)C1CCCNC1)oc1ccccc12. The minimum absolute atomic E-state index is 0.0156. The van der Waals surface area contributed by atoms with Gasteiger partial charge < -0.3 is 19.8 Å². The summed E-state index contributed by atoms with van der Waals surface area (Å²) in [7, 11) is 1.62. The molecule has 0 spiro atoms. The summed E-state index contributed by atoms with van der Waals surface area (Å²) in [5.74, 6) is 1.57. The summed E-state index contributed by atoms with van der Waals surface area (Å²) in [5.41, 5.74) is 2.23. The smallest absolute Gasteiger partial charge is 0.224 e. The average molecular weight is 366 g/mol. The van der Waals surface area contributed by atoms with Crippen LogP contribution in [0.4, 0.5) is 5.69 Å². The zero-order valence-corrected chi connectivity index (χ0v) is 15.9. The van der Waals surface area contributed by atoms with Crippen LogP contribution in [0.5, 0.6) is 5.75 Å². The fourth-order valence-electron chi connectivity index (χ4n) is 4.04. The lowest BCUT2D eigenvalue weighted by molar-refractivity contribution is -0.117. The second kappa shape index (κ2) is 7.61. The molecule has 4 rings (SSSR count). The summed E-state index contributed by atoms with van der Waals surface area (Å²) >= 11 is 0. The van der Waals surface area contributed by atoms with Gasteiger partial charge in [-0.25, -0.2) is 0 Å². The number of anilines is 1. The molecule has 2 atom stereocenters. The Morgan fingerprint density at radius 1 is 1.30 bits per heavy atom. The van der Waals surface area contributed by atoms with E-state index in [2.05, 4.69) is 17.6 Å². The number of hydrogen-bond acceptors (Lipinski definition) is 4. The third kappa shape index (κ3) is 3.65. The number of furan rings is 1. The first-order valence-corrected chi connectivity index (χ1v) is 9.65. The van der Waals surface area contributed by atoms with E-state index in [4.69, 9.17) is 9.15 Å². The van der Waals surface area contributed by atoms with Gasteiger partial charge in [0.15, 0.2) is 0 Å². The molecule has 1 amide bonds. The monoisotopic (exact) mass is 366 g/mol. The molecule has 1 aliphatic rings. The second-order valence-corrected chi connectivity index (χ2v) is 7.48. The van der Waals surface area contributed by atoms with Crippen molar-refractivity contribution < 1.29 is 13.9 Å². The van der Waals surface area contributed by atoms with Gasteiger partial charge in [0.25, 0.3) is 0 Å². The van der Waals surface area contributed by atoms with Gasteiger partial charge in [0.05, 0.1) is 12.8 Å². The van der Waals surface area contributed by atoms with Crippen molar-refractivity contribution in [3.8, 4) is 5.75 Å². The quantitative estimate of drug-likeness (QED) is 0.695. The molecule has 3 aromatic rings. The van der Waals surface area contributed by atoms with E-state index in [0.29, 0.717) is 29.7 Å². The molecule has 142 valence electrons. The maximum atomic E-state index is 12.6. The topological polar surface area (TPSA) is 63.5 Å². The van der Waals surface area contributed by atoms with Gasteiger partial charge in [-0.3, -0.25) is 4.79 Å². The first-order chi connectivity index (χ1) is 13.2. The summed E-state index contributed by atoms with van der Waals surface area (Å²) in [4.78, 5) is 12.6. The molecular formula is C22H26N2O3. The van der Waals surface area contributed by atoms with Crippen LogP contribution in [-0.4, -0.2) is 26.1 Å². The Balaban J connectivity index is 1.55. The van der Waals surface area contributed by atoms with E-state index in [9.17, 15) is 4.79 Å². The number of hydrogen-bond donors (Lipinski definition) is 2. The van der Waals surface area contributed by atoms with Gasteiger partial charge in [0.1, 0.15) is 16.9 Å². The fraction of sp³-hybridized carbons (Fsp3) is 0.409. The van der Waals surface area contributed by atoms with E-state index in [1.165, 1.54) is 12.8 Å². The van der Waals surface area contributed by atoms with Crippen LogP contribution in [0, 0.1) is 11.8 Å². The summed E-state index contributed by atoms with van der Waals surface area (Å²) in [6.45, 7) is 4.25. The first-order valence-electron chi connectivity index (χ1n) is 9.65. The standard InChI is InChI=1S/C22H26N2O3/c1-14(15-6-5-9-23-13-15)10-22(25)24-18-12-20-17(11-21(18)26-2)16-7-3-4-8-19(16)27-20/h3-4,7-8,11-12,14-15,23H,5-6,9-10,13H2,1-2H3,(H,24,25). The number of carbonyl (C=O) groups excluding carboxylic acids is 1. The highest BCUT2D eigenvalue weighted by atomic mass is 16.5. The molecular weight excluding hydrogens is 340 g/mol. The highest BCUT2D eigenvalue weighted by Crippen LogP contribution is 2.36. The molecule has 1 saturated heterocycles. The van der Waals surface area contributed by atoms with E-state index >= 15 is 0 Å². The van der Waals surface area contributed by atoms with Crippen molar-refractivity contribution in [2.24, 2.45) is 11.8 Å². The number of piperidine rings is 1. The Kier molecular flexibility index (Phi) is 5.03. The number of fused-ring (bicyclic) bond motifs is 3. The lowest BCUT2D eigenvalue weighted by atomic mass is 9.85. The van der Waals surface area contributed by atoms with Crippen molar-refractivity contribution in [2.45, 2.75) is 26.2 Å². The Bertz CT molecular complexity index is 957. The molecule has 0 radical (unpaired) electrons. The maximum Gasteiger partial charge on any atom is 0.224 e. The molecule has 2 heterocycles. The molecule has 1 aliphatic heterocycles. The number of amides is 1. The molecule has 2 unspecified atom stereocenters. The molecule has 0 bridgehead atoms. The Hall–Kier alpha value is -2.53. The van der Waals surface area contributed by atoms with Crippen LogP contribution < -0.4 is 15.4 Å². The van der Waals surface area contributed by atoms with Crippen LogP contribution in [0.15, 0.2) is 40.8 Å². The fourth-order valence-corrected chi connectivity index (χ4v) is 4.04. The third-order valence-electron chi connectivity index (χ3n) is 5.62. The summed E-state index contributed by atoms with van der Waals surface area (Å²) in [6.07, 6.45) is 2.89. The molecule has 0 saturated carbocycles. The van der Waals surface area contributed by atoms with Crippen LogP contribution in [0.2, 0.25) is 0 Å².